The number of benzene rings is 2. The highest BCUT2D eigenvalue weighted by Gasteiger charge is 2.28. The van der Waals surface area contributed by atoms with Gasteiger partial charge in [0.15, 0.2) is 0 Å². The van der Waals surface area contributed by atoms with E-state index in [9.17, 15) is 18.0 Å². The highest BCUT2D eigenvalue weighted by molar-refractivity contribution is 7.89. The number of sulfonamides is 1. The van der Waals surface area contributed by atoms with Crippen molar-refractivity contribution in [1.82, 2.24) is 9.62 Å². The predicted octanol–water partition coefficient (Wildman–Crippen LogP) is 2.98. The third kappa shape index (κ3) is 5.84. The predicted molar refractivity (Wildman–Crippen MR) is 120 cm³/mol. The van der Waals surface area contributed by atoms with Crippen LogP contribution in [0, 0.1) is 0 Å². The van der Waals surface area contributed by atoms with E-state index >= 15 is 0 Å². The Bertz CT molecular complexity index is 1060. The van der Waals surface area contributed by atoms with E-state index < -0.39 is 21.8 Å². The molecule has 3 N–H and O–H groups in total. The molecule has 0 saturated carbocycles. The van der Waals surface area contributed by atoms with Crippen LogP contribution >= 0.6 is 11.6 Å². The number of hydrogen-bond donors (Lipinski definition) is 2. The fraction of sp³-hybridized carbons (Fsp3) is 0.364. The average molecular weight is 464 g/mol. The van der Waals surface area contributed by atoms with E-state index in [4.69, 9.17) is 17.3 Å². The van der Waals surface area contributed by atoms with Crippen molar-refractivity contribution >= 4 is 33.4 Å². The first kappa shape index (κ1) is 23.2. The van der Waals surface area contributed by atoms with Gasteiger partial charge in [-0.05, 0) is 55.2 Å². The van der Waals surface area contributed by atoms with E-state index in [1.807, 2.05) is 6.07 Å². The minimum atomic E-state index is -3.77. The zero-order chi connectivity index (χ0) is 22.4. The van der Waals surface area contributed by atoms with Crippen molar-refractivity contribution in [2.24, 2.45) is 5.73 Å². The van der Waals surface area contributed by atoms with Crippen LogP contribution in [0.1, 0.15) is 52.0 Å². The SMILES string of the molecule is NC(=O)c1cccc(CCNC(=O)c2ccc(Cl)c(S(=O)(=O)N3CCCCCC3)c2)c1. The highest BCUT2D eigenvalue weighted by atomic mass is 35.5. The van der Waals surface area contributed by atoms with Crippen LogP contribution in [-0.4, -0.2) is 44.2 Å². The van der Waals surface area contributed by atoms with Crippen molar-refractivity contribution in [2.75, 3.05) is 19.6 Å². The summed E-state index contributed by atoms with van der Waals surface area (Å²) in [4.78, 5) is 23.8. The summed E-state index contributed by atoms with van der Waals surface area (Å²) >= 11 is 6.19. The molecule has 1 aliphatic rings. The number of amides is 2. The van der Waals surface area contributed by atoms with Crippen LogP contribution in [0.3, 0.4) is 0 Å². The van der Waals surface area contributed by atoms with Crippen LogP contribution in [0.25, 0.3) is 0 Å². The molecule has 0 unspecified atom stereocenters. The van der Waals surface area contributed by atoms with Gasteiger partial charge in [0.25, 0.3) is 5.91 Å². The van der Waals surface area contributed by atoms with Gasteiger partial charge in [-0.1, -0.05) is 36.6 Å². The number of carbonyl (C=O) groups is 2. The largest absolute Gasteiger partial charge is 0.366 e. The Labute approximate surface area is 187 Å². The number of nitrogens with zero attached hydrogens (tertiary/aromatic N) is 1. The summed E-state index contributed by atoms with van der Waals surface area (Å²) in [6.07, 6.45) is 4.14. The van der Waals surface area contributed by atoms with Gasteiger partial charge in [0.05, 0.1) is 5.02 Å². The number of nitrogens with one attached hydrogen (secondary N) is 1. The maximum Gasteiger partial charge on any atom is 0.251 e. The molecule has 0 radical (unpaired) electrons. The monoisotopic (exact) mass is 463 g/mol. The lowest BCUT2D eigenvalue weighted by Gasteiger charge is -2.21. The zero-order valence-corrected chi connectivity index (χ0v) is 18.7. The molecule has 9 heteroatoms. The lowest BCUT2D eigenvalue weighted by molar-refractivity contribution is 0.0952. The maximum absolute atomic E-state index is 13.1. The molecule has 2 aromatic carbocycles. The Morgan fingerprint density at radius 1 is 1.00 bits per heavy atom. The van der Waals surface area contributed by atoms with Gasteiger partial charge in [-0.15, -0.1) is 0 Å². The number of hydrogen-bond acceptors (Lipinski definition) is 4. The van der Waals surface area contributed by atoms with Crippen molar-refractivity contribution < 1.29 is 18.0 Å². The quantitative estimate of drug-likeness (QED) is 0.657. The van der Waals surface area contributed by atoms with Crippen LogP contribution < -0.4 is 11.1 Å². The normalized spacial score (nSPS) is 15.3. The maximum atomic E-state index is 13.1. The lowest BCUT2D eigenvalue weighted by atomic mass is 10.1. The molecule has 166 valence electrons. The third-order valence-corrected chi connectivity index (χ3v) is 7.67. The van der Waals surface area contributed by atoms with E-state index in [0.29, 0.717) is 31.6 Å². The first-order valence-electron chi connectivity index (χ1n) is 10.3. The van der Waals surface area contributed by atoms with E-state index in [0.717, 1.165) is 31.2 Å². The number of primary amides is 1. The molecular formula is C22H26ClN3O4S. The first-order chi connectivity index (χ1) is 14.8. The summed E-state index contributed by atoms with van der Waals surface area (Å²) in [7, 11) is -3.77. The molecule has 3 rings (SSSR count). The molecule has 0 spiro atoms. The summed E-state index contributed by atoms with van der Waals surface area (Å²) in [6, 6.07) is 11.2. The lowest BCUT2D eigenvalue weighted by Crippen LogP contribution is -2.32. The number of carbonyl (C=O) groups excluding carboxylic acids is 2. The van der Waals surface area contributed by atoms with Gasteiger partial charge < -0.3 is 11.1 Å². The van der Waals surface area contributed by atoms with E-state index in [1.54, 1.807) is 18.2 Å². The second-order valence-electron chi connectivity index (χ2n) is 7.53. The Hall–Kier alpha value is -2.42. The smallest absolute Gasteiger partial charge is 0.251 e. The number of halogens is 1. The fourth-order valence-corrected chi connectivity index (χ4v) is 5.58. The topological polar surface area (TPSA) is 110 Å². The van der Waals surface area contributed by atoms with Crippen molar-refractivity contribution in [2.45, 2.75) is 37.0 Å². The summed E-state index contributed by atoms with van der Waals surface area (Å²) in [6.45, 7) is 1.23. The van der Waals surface area contributed by atoms with Crippen LogP contribution in [0.4, 0.5) is 0 Å². The Balaban J connectivity index is 1.69. The average Bonchev–Trinajstić information content (AvgIpc) is 3.04. The second kappa shape index (κ2) is 10.3. The van der Waals surface area contributed by atoms with E-state index in [1.165, 1.54) is 22.5 Å². The van der Waals surface area contributed by atoms with Crippen LogP contribution in [-0.2, 0) is 16.4 Å². The fourth-order valence-electron chi connectivity index (χ4n) is 3.57. The van der Waals surface area contributed by atoms with Crippen LogP contribution in [0.2, 0.25) is 5.02 Å². The molecule has 1 fully saturated rings. The molecule has 1 saturated heterocycles. The Morgan fingerprint density at radius 3 is 2.39 bits per heavy atom. The van der Waals surface area contributed by atoms with Crippen LogP contribution in [0.5, 0.6) is 0 Å². The second-order valence-corrected chi connectivity index (χ2v) is 9.85. The Kier molecular flexibility index (Phi) is 7.69. The van der Waals surface area contributed by atoms with Gasteiger partial charge in [0.2, 0.25) is 15.9 Å². The molecule has 1 aliphatic heterocycles. The summed E-state index contributed by atoms with van der Waals surface area (Å²) in [5.41, 5.74) is 6.78. The molecule has 0 aromatic heterocycles. The Morgan fingerprint density at radius 2 is 1.71 bits per heavy atom. The minimum Gasteiger partial charge on any atom is -0.366 e. The van der Waals surface area contributed by atoms with Gasteiger partial charge in [0, 0.05) is 30.8 Å². The van der Waals surface area contributed by atoms with Gasteiger partial charge in [-0.25, -0.2) is 8.42 Å². The van der Waals surface area contributed by atoms with Gasteiger partial charge in [-0.2, -0.15) is 4.31 Å². The summed E-state index contributed by atoms with van der Waals surface area (Å²) in [5.74, 6) is -0.903. The number of nitrogens with two attached hydrogens (primary N) is 1. The van der Waals surface area contributed by atoms with Crippen molar-refractivity contribution in [1.29, 1.82) is 0 Å². The number of rotatable bonds is 7. The molecule has 0 atom stereocenters. The highest BCUT2D eigenvalue weighted by Crippen LogP contribution is 2.27. The van der Waals surface area contributed by atoms with Gasteiger partial charge >= 0.3 is 0 Å². The molecule has 2 aromatic rings. The molecule has 7 nitrogen and oxygen atoms in total. The standard InChI is InChI=1S/C22H26ClN3O4S/c23-19-9-8-18(15-20(19)31(29,30)26-12-3-1-2-4-13-26)22(28)25-11-10-16-6-5-7-17(14-16)21(24)27/h5-9,14-15H,1-4,10-13H2,(H2,24,27)(H,25,28). The zero-order valence-electron chi connectivity index (χ0n) is 17.1. The minimum absolute atomic E-state index is 0.0436. The van der Waals surface area contributed by atoms with Gasteiger partial charge in [-0.3, -0.25) is 9.59 Å². The van der Waals surface area contributed by atoms with Crippen molar-refractivity contribution in [3.05, 3.63) is 64.2 Å². The molecule has 0 bridgehead atoms. The third-order valence-electron chi connectivity index (χ3n) is 5.29. The molecule has 1 heterocycles. The molecule has 31 heavy (non-hydrogen) atoms. The molecular weight excluding hydrogens is 438 g/mol. The van der Waals surface area contributed by atoms with Crippen molar-refractivity contribution in [3.63, 3.8) is 0 Å². The van der Waals surface area contributed by atoms with Crippen molar-refractivity contribution in [3.8, 4) is 0 Å². The van der Waals surface area contributed by atoms with E-state index in [-0.39, 0.29) is 15.5 Å². The summed E-state index contributed by atoms with van der Waals surface area (Å²) < 4.78 is 27.6. The summed E-state index contributed by atoms with van der Waals surface area (Å²) in [5, 5.41) is 2.88. The van der Waals surface area contributed by atoms with Crippen LogP contribution in [0.15, 0.2) is 47.4 Å². The van der Waals surface area contributed by atoms with Gasteiger partial charge in [0.1, 0.15) is 4.90 Å². The first-order valence-corrected chi connectivity index (χ1v) is 12.1. The van der Waals surface area contributed by atoms with E-state index in [2.05, 4.69) is 5.32 Å². The molecule has 0 aliphatic carbocycles. The molecule has 2 amide bonds.